The fourth-order valence-electron chi connectivity index (χ4n) is 1.84. The molecule has 17 heavy (non-hydrogen) atoms. The minimum atomic E-state index is 0.467. The molecule has 1 aromatic heterocycles. The van der Waals surface area contributed by atoms with Gasteiger partial charge in [0.2, 0.25) is 5.95 Å². The van der Waals surface area contributed by atoms with Crippen molar-refractivity contribution in [2.24, 2.45) is 7.05 Å². The SMILES string of the molecule is Cc1cccc(CCc2nc(N)n(C)c2Cl)c1. The Morgan fingerprint density at radius 3 is 2.71 bits per heavy atom. The average molecular weight is 250 g/mol. The predicted octanol–water partition coefficient (Wildman–Crippen LogP) is 2.75. The van der Waals surface area contributed by atoms with Gasteiger partial charge in [0.05, 0.1) is 5.69 Å². The van der Waals surface area contributed by atoms with E-state index in [0.29, 0.717) is 11.1 Å². The van der Waals surface area contributed by atoms with Crippen molar-refractivity contribution in [1.82, 2.24) is 9.55 Å². The van der Waals surface area contributed by atoms with Gasteiger partial charge < -0.3 is 10.3 Å². The van der Waals surface area contributed by atoms with Crippen molar-refractivity contribution < 1.29 is 0 Å². The maximum absolute atomic E-state index is 6.13. The Hall–Kier alpha value is -1.48. The van der Waals surface area contributed by atoms with Crippen LogP contribution in [-0.4, -0.2) is 9.55 Å². The third kappa shape index (κ3) is 2.61. The molecular weight excluding hydrogens is 234 g/mol. The smallest absolute Gasteiger partial charge is 0.201 e. The molecule has 0 radical (unpaired) electrons. The average Bonchev–Trinajstić information content (AvgIpc) is 2.54. The van der Waals surface area contributed by atoms with E-state index in [2.05, 4.69) is 36.2 Å². The Kier molecular flexibility index (Phi) is 3.38. The Morgan fingerprint density at radius 1 is 1.35 bits per heavy atom. The first-order chi connectivity index (χ1) is 8.08. The summed E-state index contributed by atoms with van der Waals surface area (Å²) in [4.78, 5) is 4.26. The highest BCUT2D eigenvalue weighted by Crippen LogP contribution is 2.19. The van der Waals surface area contributed by atoms with Crippen molar-refractivity contribution in [3.63, 3.8) is 0 Å². The van der Waals surface area contributed by atoms with E-state index in [1.165, 1.54) is 11.1 Å². The number of anilines is 1. The number of nitrogens with two attached hydrogens (primary N) is 1. The summed E-state index contributed by atoms with van der Waals surface area (Å²) in [5.74, 6) is 0.467. The number of nitrogen functional groups attached to an aromatic ring is 1. The molecule has 0 atom stereocenters. The van der Waals surface area contributed by atoms with Crippen LogP contribution in [-0.2, 0) is 19.9 Å². The van der Waals surface area contributed by atoms with Gasteiger partial charge in [0, 0.05) is 7.05 Å². The number of aromatic nitrogens is 2. The number of halogens is 1. The molecule has 4 heteroatoms. The van der Waals surface area contributed by atoms with E-state index < -0.39 is 0 Å². The number of hydrogen-bond acceptors (Lipinski definition) is 2. The summed E-state index contributed by atoms with van der Waals surface area (Å²) < 4.78 is 1.70. The Balaban J connectivity index is 2.10. The van der Waals surface area contributed by atoms with Gasteiger partial charge in [-0.3, -0.25) is 0 Å². The normalized spacial score (nSPS) is 10.8. The molecule has 2 N–H and O–H groups in total. The van der Waals surface area contributed by atoms with Gasteiger partial charge in [0.15, 0.2) is 0 Å². The highest BCUT2D eigenvalue weighted by atomic mass is 35.5. The van der Waals surface area contributed by atoms with Gasteiger partial charge in [0.1, 0.15) is 5.15 Å². The molecule has 0 bridgehead atoms. The van der Waals surface area contributed by atoms with Crippen LogP contribution in [0.15, 0.2) is 24.3 Å². The molecule has 2 rings (SSSR count). The van der Waals surface area contributed by atoms with Gasteiger partial charge in [-0.25, -0.2) is 4.98 Å². The predicted molar refractivity (Wildman–Crippen MR) is 71.2 cm³/mol. The van der Waals surface area contributed by atoms with Crippen molar-refractivity contribution in [1.29, 1.82) is 0 Å². The fraction of sp³-hybridized carbons (Fsp3) is 0.308. The first kappa shape index (κ1) is 12.0. The van der Waals surface area contributed by atoms with Crippen LogP contribution in [0.4, 0.5) is 5.95 Å². The van der Waals surface area contributed by atoms with Crippen LogP contribution in [0, 0.1) is 6.92 Å². The molecule has 0 saturated carbocycles. The zero-order valence-corrected chi connectivity index (χ0v) is 10.8. The fourth-order valence-corrected chi connectivity index (χ4v) is 2.07. The van der Waals surface area contributed by atoms with Crippen molar-refractivity contribution in [3.8, 4) is 0 Å². The van der Waals surface area contributed by atoms with Crippen LogP contribution in [0.2, 0.25) is 5.15 Å². The third-order valence-electron chi connectivity index (χ3n) is 2.86. The molecular formula is C13H16ClN3. The third-order valence-corrected chi connectivity index (χ3v) is 3.33. The van der Waals surface area contributed by atoms with Crippen LogP contribution in [0.5, 0.6) is 0 Å². The van der Waals surface area contributed by atoms with Crippen molar-refractivity contribution in [3.05, 3.63) is 46.2 Å². The molecule has 2 aromatic rings. The molecule has 0 spiro atoms. The number of rotatable bonds is 3. The second-order valence-corrected chi connectivity index (χ2v) is 4.61. The van der Waals surface area contributed by atoms with E-state index in [1.807, 2.05) is 7.05 Å². The lowest BCUT2D eigenvalue weighted by atomic mass is 10.1. The van der Waals surface area contributed by atoms with E-state index in [1.54, 1.807) is 4.57 Å². The van der Waals surface area contributed by atoms with Crippen LogP contribution in [0.1, 0.15) is 16.8 Å². The Morgan fingerprint density at radius 2 is 2.12 bits per heavy atom. The van der Waals surface area contributed by atoms with Gasteiger partial charge in [-0.05, 0) is 25.3 Å². The van der Waals surface area contributed by atoms with Crippen molar-refractivity contribution in [2.45, 2.75) is 19.8 Å². The van der Waals surface area contributed by atoms with E-state index >= 15 is 0 Å². The monoisotopic (exact) mass is 249 g/mol. The molecule has 0 saturated heterocycles. The molecule has 0 unspecified atom stereocenters. The summed E-state index contributed by atoms with van der Waals surface area (Å²) in [6.45, 7) is 2.09. The van der Waals surface area contributed by atoms with E-state index in [-0.39, 0.29) is 0 Å². The van der Waals surface area contributed by atoms with Crippen molar-refractivity contribution in [2.75, 3.05) is 5.73 Å². The summed E-state index contributed by atoms with van der Waals surface area (Å²) in [5, 5.41) is 0.634. The molecule has 0 aliphatic heterocycles. The first-order valence-corrected chi connectivity index (χ1v) is 5.98. The van der Waals surface area contributed by atoms with E-state index in [0.717, 1.165) is 18.5 Å². The van der Waals surface area contributed by atoms with Gasteiger partial charge in [-0.2, -0.15) is 0 Å². The second-order valence-electron chi connectivity index (χ2n) is 4.26. The van der Waals surface area contributed by atoms with E-state index in [9.17, 15) is 0 Å². The van der Waals surface area contributed by atoms with Crippen LogP contribution >= 0.6 is 11.6 Å². The summed E-state index contributed by atoms with van der Waals surface area (Å²) in [5.41, 5.74) is 9.14. The molecule has 1 aromatic carbocycles. The highest BCUT2D eigenvalue weighted by molar-refractivity contribution is 6.30. The van der Waals surface area contributed by atoms with Gasteiger partial charge in [-0.15, -0.1) is 0 Å². The lowest BCUT2D eigenvalue weighted by Crippen LogP contribution is -1.96. The number of nitrogens with zero attached hydrogens (tertiary/aromatic N) is 2. The van der Waals surface area contributed by atoms with Crippen LogP contribution in [0.25, 0.3) is 0 Å². The second kappa shape index (κ2) is 4.80. The number of aryl methyl sites for hydroxylation is 3. The maximum Gasteiger partial charge on any atom is 0.201 e. The largest absolute Gasteiger partial charge is 0.369 e. The van der Waals surface area contributed by atoms with Crippen molar-refractivity contribution >= 4 is 17.5 Å². The number of benzene rings is 1. The Bertz CT molecular complexity index is 531. The minimum absolute atomic E-state index is 0.467. The minimum Gasteiger partial charge on any atom is -0.369 e. The summed E-state index contributed by atoms with van der Waals surface area (Å²) >= 11 is 6.13. The maximum atomic E-state index is 6.13. The first-order valence-electron chi connectivity index (χ1n) is 5.60. The molecule has 0 aliphatic rings. The standard InChI is InChI=1S/C13H16ClN3/c1-9-4-3-5-10(8-9)6-7-11-12(14)17(2)13(15)16-11/h3-5,8H,6-7H2,1-2H3,(H2,15,16). The number of imidazole rings is 1. The Labute approximate surface area is 106 Å². The van der Waals surface area contributed by atoms with Gasteiger partial charge in [-0.1, -0.05) is 41.4 Å². The zero-order valence-electron chi connectivity index (χ0n) is 10.1. The summed E-state index contributed by atoms with van der Waals surface area (Å²) in [6, 6.07) is 8.46. The molecule has 0 fully saturated rings. The topological polar surface area (TPSA) is 43.8 Å². The van der Waals surface area contributed by atoms with Gasteiger partial charge >= 0.3 is 0 Å². The zero-order chi connectivity index (χ0) is 12.4. The molecule has 0 amide bonds. The van der Waals surface area contributed by atoms with E-state index in [4.69, 9.17) is 17.3 Å². The molecule has 1 heterocycles. The lowest BCUT2D eigenvalue weighted by molar-refractivity contribution is 0.909. The molecule has 3 nitrogen and oxygen atoms in total. The molecule has 0 aliphatic carbocycles. The summed E-state index contributed by atoms with van der Waals surface area (Å²) in [6.07, 6.45) is 1.74. The van der Waals surface area contributed by atoms with Crippen LogP contribution < -0.4 is 5.73 Å². The van der Waals surface area contributed by atoms with Gasteiger partial charge in [0.25, 0.3) is 0 Å². The summed E-state index contributed by atoms with van der Waals surface area (Å²) in [7, 11) is 1.82. The quantitative estimate of drug-likeness (QED) is 0.909. The molecule has 90 valence electrons. The lowest BCUT2D eigenvalue weighted by Gasteiger charge is -2.01. The number of hydrogen-bond donors (Lipinski definition) is 1. The van der Waals surface area contributed by atoms with Crippen LogP contribution in [0.3, 0.4) is 0 Å². The highest BCUT2D eigenvalue weighted by Gasteiger charge is 2.10.